The van der Waals surface area contributed by atoms with Gasteiger partial charge in [0.25, 0.3) is 0 Å². The highest BCUT2D eigenvalue weighted by molar-refractivity contribution is 5.73. The first-order valence-corrected chi connectivity index (χ1v) is 5.78. The molecule has 1 N–H and O–H groups in total. The van der Waals surface area contributed by atoms with E-state index in [0.717, 1.165) is 5.56 Å². The number of hydrogen-bond donors (Lipinski definition) is 1. The van der Waals surface area contributed by atoms with Gasteiger partial charge < -0.3 is 14.7 Å². The summed E-state index contributed by atoms with van der Waals surface area (Å²) in [6, 6.07) is 0. The molecule has 0 spiro atoms. The summed E-state index contributed by atoms with van der Waals surface area (Å²) in [4.78, 5) is 20.8. The monoisotopic (exact) mass is 253 g/mol. The number of aliphatic carboxylic acids is 1. The third-order valence-electron chi connectivity index (χ3n) is 2.42. The van der Waals surface area contributed by atoms with Crippen LogP contribution in [0.25, 0.3) is 0 Å². The molecule has 0 saturated heterocycles. The van der Waals surface area contributed by atoms with E-state index in [4.69, 9.17) is 9.84 Å². The average molecular weight is 253 g/mol. The molecule has 0 aliphatic heterocycles. The predicted molar refractivity (Wildman–Crippen MR) is 68.0 cm³/mol. The lowest BCUT2D eigenvalue weighted by Crippen LogP contribution is -2.34. The van der Waals surface area contributed by atoms with E-state index in [9.17, 15) is 4.79 Å². The molecule has 0 aromatic carbocycles. The summed E-state index contributed by atoms with van der Waals surface area (Å²) in [5.41, 5.74) is 0.752. The van der Waals surface area contributed by atoms with Crippen LogP contribution in [0, 0.1) is 12.8 Å². The fourth-order valence-electron chi connectivity index (χ4n) is 1.78. The van der Waals surface area contributed by atoms with Crippen LogP contribution in [-0.2, 0) is 4.79 Å². The zero-order valence-electron chi connectivity index (χ0n) is 11.2. The van der Waals surface area contributed by atoms with Crippen molar-refractivity contribution in [3.63, 3.8) is 0 Å². The highest BCUT2D eigenvalue weighted by Crippen LogP contribution is 2.24. The third-order valence-corrected chi connectivity index (χ3v) is 2.42. The number of hydrogen-bond acceptors (Lipinski definition) is 5. The van der Waals surface area contributed by atoms with Gasteiger partial charge in [-0.25, -0.2) is 9.97 Å². The number of nitrogens with zero attached hydrogens (tertiary/aromatic N) is 3. The second kappa shape index (κ2) is 6.18. The second-order valence-electron chi connectivity index (χ2n) is 4.50. The second-order valence-corrected chi connectivity index (χ2v) is 4.50. The predicted octanol–water partition coefficient (Wildman–Crippen LogP) is 1.34. The first-order valence-electron chi connectivity index (χ1n) is 5.78. The minimum atomic E-state index is -0.882. The molecule has 0 unspecified atom stereocenters. The number of rotatable bonds is 6. The SMILES string of the molecule is COc1ncnc(N(CC(=O)O)CC(C)C)c1C. The molecule has 1 rings (SSSR count). The number of carbonyl (C=O) groups is 1. The van der Waals surface area contributed by atoms with Gasteiger partial charge in [-0.2, -0.15) is 0 Å². The maximum atomic E-state index is 10.9. The maximum Gasteiger partial charge on any atom is 0.323 e. The molecule has 0 bridgehead atoms. The number of methoxy groups -OCH3 is 1. The van der Waals surface area contributed by atoms with E-state index < -0.39 is 5.97 Å². The van der Waals surface area contributed by atoms with Gasteiger partial charge in [-0.05, 0) is 12.8 Å². The summed E-state index contributed by atoms with van der Waals surface area (Å²) in [5.74, 6) is 0.537. The highest BCUT2D eigenvalue weighted by Gasteiger charge is 2.18. The van der Waals surface area contributed by atoms with Crippen LogP contribution in [0.3, 0.4) is 0 Å². The van der Waals surface area contributed by atoms with Gasteiger partial charge in [0.2, 0.25) is 5.88 Å². The number of carboxylic acid groups (broad SMARTS) is 1. The number of carboxylic acids is 1. The van der Waals surface area contributed by atoms with Crippen LogP contribution in [0.15, 0.2) is 6.33 Å². The molecule has 0 saturated carbocycles. The lowest BCUT2D eigenvalue weighted by molar-refractivity contribution is -0.135. The van der Waals surface area contributed by atoms with E-state index in [2.05, 4.69) is 9.97 Å². The zero-order chi connectivity index (χ0) is 13.7. The summed E-state index contributed by atoms with van der Waals surface area (Å²) in [7, 11) is 1.53. The normalized spacial score (nSPS) is 10.5. The Morgan fingerprint density at radius 1 is 1.50 bits per heavy atom. The van der Waals surface area contributed by atoms with E-state index in [1.807, 2.05) is 20.8 Å². The van der Waals surface area contributed by atoms with Gasteiger partial charge in [-0.3, -0.25) is 4.79 Å². The molecule has 6 heteroatoms. The molecule has 18 heavy (non-hydrogen) atoms. The van der Waals surface area contributed by atoms with E-state index in [1.54, 1.807) is 4.90 Å². The van der Waals surface area contributed by atoms with E-state index in [-0.39, 0.29) is 6.54 Å². The Morgan fingerprint density at radius 3 is 2.67 bits per heavy atom. The smallest absolute Gasteiger partial charge is 0.323 e. The summed E-state index contributed by atoms with van der Waals surface area (Å²) in [6.07, 6.45) is 1.39. The van der Waals surface area contributed by atoms with Gasteiger partial charge in [0, 0.05) is 6.54 Å². The van der Waals surface area contributed by atoms with Crippen LogP contribution in [-0.4, -0.2) is 41.2 Å². The fourth-order valence-corrected chi connectivity index (χ4v) is 1.78. The molecule has 0 aliphatic rings. The van der Waals surface area contributed by atoms with Crippen molar-refractivity contribution in [3.8, 4) is 5.88 Å². The van der Waals surface area contributed by atoms with E-state index in [0.29, 0.717) is 24.2 Å². The molecule has 1 heterocycles. The topological polar surface area (TPSA) is 75.6 Å². The van der Waals surface area contributed by atoms with Crippen molar-refractivity contribution < 1.29 is 14.6 Å². The van der Waals surface area contributed by atoms with Crippen LogP contribution in [0.1, 0.15) is 19.4 Å². The molecule has 6 nitrogen and oxygen atoms in total. The van der Waals surface area contributed by atoms with Crippen molar-refractivity contribution in [1.82, 2.24) is 9.97 Å². The van der Waals surface area contributed by atoms with Gasteiger partial charge in [0.05, 0.1) is 12.7 Å². The van der Waals surface area contributed by atoms with Crippen LogP contribution in [0.4, 0.5) is 5.82 Å². The molecule has 100 valence electrons. The third kappa shape index (κ3) is 3.58. The van der Waals surface area contributed by atoms with Crippen LogP contribution >= 0.6 is 0 Å². The number of aromatic nitrogens is 2. The summed E-state index contributed by atoms with van der Waals surface area (Å²) < 4.78 is 5.12. The summed E-state index contributed by atoms with van der Waals surface area (Å²) in [5, 5.41) is 8.96. The molecule has 0 amide bonds. The lowest BCUT2D eigenvalue weighted by atomic mass is 10.2. The fraction of sp³-hybridized carbons (Fsp3) is 0.583. The minimum absolute atomic E-state index is 0.0841. The maximum absolute atomic E-state index is 10.9. The van der Waals surface area contributed by atoms with Gasteiger partial charge in [0.1, 0.15) is 18.7 Å². The Kier molecular flexibility index (Phi) is 4.88. The Balaban J connectivity index is 3.07. The largest absolute Gasteiger partial charge is 0.481 e. The van der Waals surface area contributed by atoms with Crippen LogP contribution < -0.4 is 9.64 Å². The van der Waals surface area contributed by atoms with Gasteiger partial charge >= 0.3 is 5.97 Å². The molecule has 0 radical (unpaired) electrons. The average Bonchev–Trinajstić information content (AvgIpc) is 2.27. The van der Waals surface area contributed by atoms with Gasteiger partial charge in [-0.1, -0.05) is 13.8 Å². The summed E-state index contributed by atoms with van der Waals surface area (Å²) >= 11 is 0. The Hall–Kier alpha value is -1.85. The molecule has 0 atom stereocenters. The Labute approximate surface area is 107 Å². The lowest BCUT2D eigenvalue weighted by Gasteiger charge is -2.25. The highest BCUT2D eigenvalue weighted by atomic mass is 16.5. The zero-order valence-corrected chi connectivity index (χ0v) is 11.2. The van der Waals surface area contributed by atoms with Crippen molar-refractivity contribution in [2.45, 2.75) is 20.8 Å². The first kappa shape index (κ1) is 14.2. The Bertz CT molecular complexity index is 421. The molecule has 1 aromatic rings. The molecule has 0 fully saturated rings. The van der Waals surface area contributed by atoms with Gasteiger partial charge in [-0.15, -0.1) is 0 Å². The van der Waals surface area contributed by atoms with Crippen LogP contribution in [0.2, 0.25) is 0 Å². The van der Waals surface area contributed by atoms with Crippen molar-refractivity contribution in [2.24, 2.45) is 5.92 Å². The molecular formula is C12H19N3O3. The Morgan fingerprint density at radius 2 is 2.17 bits per heavy atom. The van der Waals surface area contributed by atoms with E-state index in [1.165, 1.54) is 13.4 Å². The van der Waals surface area contributed by atoms with Crippen molar-refractivity contribution in [3.05, 3.63) is 11.9 Å². The quantitative estimate of drug-likeness (QED) is 0.824. The van der Waals surface area contributed by atoms with Crippen molar-refractivity contribution in [1.29, 1.82) is 0 Å². The number of ether oxygens (including phenoxy) is 1. The van der Waals surface area contributed by atoms with E-state index >= 15 is 0 Å². The minimum Gasteiger partial charge on any atom is -0.481 e. The molecule has 0 aliphatic carbocycles. The number of anilines is 1. The van der Waals surface area contributed by atoms with Gasteiger partial charge in [0.15, 0.2) is 0 Å². The van der Waals surface area contributed by atoms with Crippen LogP contribution in [0.5, 0.6) is 5.88 Å². The first-order chi connectivity index (χ1) is 8.45. The van der Waals surface area contributed by atoms with Crippen molar-refractivity contribution >= 4 is 11.8 Å². The summed E-state index contributed by atoms with van der Waals surface area (Å²) in [6.45, 7) is 6.42. The van der Waals surface area contributed by atoms with Crippen molar-refractivity contribution in [2.75, 3.05) is 25.1 Å². The molecule has 1 aromatic heterocycles. The molecular weight excluding hydrogens is 234 g/mol. The standard InChI is InChI=1S/C12H19N3O3/c1-8(2)5-15(6-10(16)17)11-9(3)12(18-4)14-7-13-11/h7-8H,5-6H2,1-4H3,(H,16,17).